The van der Waals surface area contributed by atoms with Crippen molar-refractivity contribution in [3.8, 4) is 0 Å². The maximum absolute atomic E-state index is 0. The molecular formula is H5F3Pb. The zero-order valence-corrected chi connectivity index (χ0v) is 7.43. The van der Waals surface area contributed by atoms with E-state index in [1.54, 1.807) is 0 Å². The molecule has 0 amide bonds. The van der Waals surface area contributed by atoms with E-state index in [0.29, 0.717) is 0 Å². The molecule has 4 heavy (non-hydrogen) atoms. The van der Waals surface area contributed by atoms with Crippen molar-refractivity contribution in [2.45, 2.75) is 0 Å². The van der Waals surface area contributed by atoms with Gasteiger partial charge in [0, 0.05) is 0 Å². The van der Waals surface area contributed by atoms with Crippen molar-refractivity contribution in [3.05, 3.63) is 0 Å². The molecular weight excluding hydrogens is 264 g/mol. The summed E-state index contributed by atoms with van der Waals surface area (Å²) in [6, 6.07) is 0. The summed E-state index contributed by atoms with van der Waals surface area (Å²) in [7, 11) is 0. The molecule has 0 unspecified atom stereocenters. The summed E-state index contributed by atoms with van der Waals surface area (Å²) >= 11 is 0. The number of halogens is 3. The molecule has 0 atom stereocenters. The van der Waals surface area contributed by atoms with Crippen LogP contribution in [0.25, 0.3) is 0 Å². The molecule has 0 aliphatic carbocycles. The number of hydrogen-bond acceptors (Lipinski definition) is 0. The zero-order valence-electron chi connectivity index (χ0n) is 1.93. The average Bonchev–Trinajstić information content (AvgIpc) is 0. The van der Waals surface area contributed by atoms with Gasteiger partial charge >= 0.3 is 27.3 Å². The summed E-state index contributed by atoms with van der Waals surface area (Å²) in [4.78, 5) is 0. The van der Waals surface area contributed by atoms with E-state index in [1.807, 2.05) is 0 Å². The van der Waals surface area contributed by atoms with E-state index in [2.05, 4.69) is 0 Å². The quantitative estimate of drug-likeness (QED) is 0.522. The van der Waals surface area contributed by atoms with Gasteiger partial charge in [0.2, 0.25) is 0 Å². The van der Waals surface area contributed by atoms with Gasteiger partial charge in [-0.3, -0.25) is 14.1 Å². The van der Waals surface area contributed by atoms with Gasteiger partial charge in [-0.1, -0.05) is 0 Å². The fourth-order valence-corrected chi connectivity index (χ4v) is 0. The molecule has 0 aromatic heterocycles. The summed E-state index contributed by atoms with van der Waals surface area (Å²) in [5, 5.41) is 0. The standard InChI is InChI=1S/3FH.Pb.2H/h3*1H;;;. The van der Waals surface area contributed by atoms with Crippen LogP contribution in [0.1, 0.15) is 0 Å². The van der Waals surface area contributed by atoms with E-state index >= 15 is 0 Å². The Labute approximate surface area is 41.8 Å². The predicted octanol–water partition coefficient (Wildman–Crippen LogP) is -0.459. The van der Waals surface area contributed by atoms with Gasteiger partial charge in [-0.25, -0.2) is 0 Å². The van der Waals surface area contributed by atoms with E-state index in [1.165, 1.54) is 0 Å². The summed E-state index contributed by atoms with van der Waals surface area (Å²) < 4.78 is 0. The van der Waals surface area contributed by atoms with Crippen molar-refractivity contribution >= 4 is 27.3 Å². The van der Waals surface area contributed by atoms with Gasteiger partial charge < -0.3 is 0 Å². The van der Waals surface area contributed by atoms with Crippen LogP contribution in [0.3, 0.4) is 0 Å². The summed E-state index contributed by atoms with van der Waals surface area (Å²) in [6.45, 7) is 0. The Bertz CT molecular complexity index is 3.25. The Morgan fingerprint density at radius 1 is 0.500 bits per heavy atom. The minimum absolute atomic E-state index is 0. The second kappa shape index (κ2) is 53.8. The fourth-order valence-electron chi connectivity index (χ4n) is 0. The van der Waals surface area contributed by atoms with E-state index < -0.39 is 0 Å². The van der Waals surface area contributed by atoms with Crippen LogP contribution in [0.4, 0.5) is 14.1 Å². The first-order valence-electron chi connectivity index (χ1n) is 0. The van der Waals surface area contributed by atoms with Crippen molar-refractivity contribution in [2.75, 3.05) is 0 Å². The van der Waals surface area contributed by atoms with Crippen molar-refractivity contribution < 1.29 is 14.1 Å². The molecule has 0 aliphatic rings. The van der Waals surface area contributed by atoms with Crippen molar-refractivity contribution in [3.63, 3.8) is 0 Å². The normalized spacial score (nSPS) is 0. The van der Waals surface area contributed by atoms with Crippen LogP contribution in [-0.2, 0) is 0 Å². The third-order valence-corrected chi connectivity index (χ3v) is 0. The topological polar surface area (TPSA) is 0 Å². The first-order valence-corrected chi connectivity index (χ1v) is 0. The fraction of sp³-hybridized carbons (Fsp3) is 0. The third-order valence-electron chi connectivity index (χ3n) is 0. The van der Waals surface area contributed by atoms with Crippen molar-refractivity contribution in [1.82, 2.24) is 0 Å². The summed E-state index contributed by atoms with van der Waals surface area (Å²) in [5.74, 6) is 0. The molecule has 0 heterocycles. The molecule has 0 saturated carbocycles. The van der Waals surface area contributed by atoms with E-state index in [-0.39, 0.29) is 41.4 Å². The second-order valence-electron chi connectivity index (χ2n) is 0. The monoisotopic (exact) mass is 270 g/mol. The Hall–Kier alpha value is 0.712. The average molecular weight is 269 g/mol. The maximum atomic E-state index is 0. The second-order valence-corrected chi connectivity index (χ2v) is 0. The van der Waals surface area contributed by atoms with Gasteiger partial charge in [0.1, 0.15) is 0 Å². The summed E-state index contributed by atoms with van der Waals surface area (Å²) in [6.07, 6.45) is 0. The van der Waals surface area contributed by atoms with Crippen LogP contribution in [-0.4, -0.2) is 27.3 Å². The Morgan fingerprint density at radius 3 is 0.500 bits per heavy atom. The number of rotatable bonds is 0. The Kier molecular flexibility index (Phi) is 1720. The predicted molar refractivity (Wildman–Crippen MR) is 16.1 cm³/mol. The molecule has 0 bridgehead atoms. The molecule has 0 aromatic rings. The molecule has 0 rings (SSSR count). The van der Waals surface area contributed by atoms with Gasteiger partial charge in [0.05, 0.1) is 0 Å². The van der Waals surface area contributed by atoms with Crippen LogP contribution in [0, 0.1) is 0 Å². The molecule has 30 valence electrons. The van der Waals surface area contributed by atoms with E-state index in [9.17, 15) is 0 Å². The van der Waals surface area contributed by atoms with Crippen molar-refractivity contribution in [2.24, 2.45) is 0 Å². The van der Waals surface area contributed by atoms with E-state index in [4.69, 9.17) is 0 Å². The molecule has 0 saturated heterocycles. The number of hydrogen-bond donors (Lipinski definition) is 0. The van der Waals surface area contributed by atoms with Crippen LogP contribution >= 0.6 is 0 Å². The van der Waals surface area contributed by atoms with E-state index in [0.717, 1.165) is 0 Å². The molecule has 0 spiro atoms. The summed E-state index contributed by atoms with van der Waals surface area (Å²) in [5.41, 5.74) is 0. The van der Waals surface area contributed by atoms with Crippen LogP contribution < -0.4 is 0 Å². The molecule has 0 aliphatic heterocycles. The first kappa shape index (κ1) is 128. The zero-order chi connectivity index (χ0) is 0. The van der Waals surface area contributed by atoms with Crippen LogP contribution in [0.15, 0.2) is 0 Å². The molecule has 2 radical (unpaired) electrons. The van der Waals surface area contributed by atoms with Crippen molar-refractivity contribution in [1.29, 1.82) is 0 Å². The van der Waals surface area contributed by atoms with Gasteiger partial charge in [0.15, 0.2) is 0 Å². The van der Waals surface area contributed by atoms with Crippen LogP contribution in [0.5, 0.6) is 0 Å². The van der Waals surface area contributed by atoms with Gasteiger partial charge in [-0.15, -0.1) is 0 Å². The molecule has 0 fully saturated rings. The van der Waals surface area contributed by atoms with Gasteiger partial charge in [-0.05, 0) is 0 Å². The van der Waals surface area contributed by atoms with Gasteiger partial charge in [-0.2, -0.15) is 0 Å². The van der Waals surface area contributed by atoms with Crippen LogP contribution in [0.2, 0.25) is 0 Å². The van der Waals surface area contributed by atoms with Gasteiger partial charge in [0.25, 0.3) is 0 Å². The minimum atomic E-state index is 0. The first-order chi connectivity index (χ1) is 0. The third kappa shape index (κ3) is 15.7. The molecule has 0 N–H and O–H groups in total. The SMILES string of the molecule is F.F.F.[PbH2]. The Balaban J connectivity index is 0. The molecule has 4 heteroatoms. The molecule has 0 nitrogen and oxygen atoms in total. The Morgan fingerprint density at radius 2 is 0.500 bits per heavy atom. The molecule has 0 aromatic carbocycles.